The minimum Gasteiger partial charge on any atom is -0.320 e. The second-order valence-electron chi connectivity index (χ2n) is 4.15. The standard InChI is InChI=1S/C11H24N2/c1-3-10(4-7-12-2)11-5-8-13-9-6-11/h10-13H,3-9H2,1-2H3. The maximum absolute atomic E-state index is 3.43. The summed E-state index contributed by atoms with van der Waals surface area (Å²) in [5.74, 6) is 1.94. The van der Waals surface area contributed by atoms with E-state index in [1.165, 1.54) is 45.3 Å². The molecule has 0 aliphatic carbocycles. The van der Waals surface area contributed by atoms with E-state index in [4.69, 9.17) is 0 Å². The van der Waals surface area contributed by atoms with Crippen LogP contribution in [0.4, 0.5) is 0 Å². The fourth-order valence-corrected chi connectivity index (χ4v) is 2.42. The Morgan fingerprint density at radius 2 is 2.08 bits per heavy atom. The Morgan fingerprint density at radius 1 is 1.38 bits per heavy atom. The number of hydrogen-bond donors (Lipinski definition) is 2. The zero-order valence-corrected chi connectivity index (χ0v) is 9.10. The van der Waals surface area contributed by atoms with E-state index in [9.17, 15) is 0 Å². The lowest BCUT2D eigenvalue weighted by molar-refractivity contribution is 0.239. The molecular weight excluding hydrogens is 160 g/mol. The molecule has 2 N–H and O–H groups in total. The van der Waals surface area contributed by atoms with Gasteiger partial charge in [0.2, 0.25) is 0 Å². The maximum atomic E-state index is 3.43. The number of piperidine rings is 1. The first-order chi connectivity index (χ1) is 6.38. The predicted molar refractivity (Wildman–Crippen MR) is 57.9 cm³/mol. The van der Waals surface area contributed by atoms with Gasteiger partial charge in [-0.2, -0.15) is 0 Å². The molecule has 1 atom stereocenters. The molecule has 78 valence electrons. The SMILES string of the molecule is CCC(CCNC)C1CCNCC1. The van der Waals surface area contributed by atoms with E-state index in [0.29, 0.717) is 0 Å². The summed E-state index contributed by atoms with van der Waals surface area (Å²) >= 11 is 0. The van der Waals surface area contributed by atoms with Crippen LogP contribution in [0, 0.1) is 11.8 Å². The Bertz CT molecular complexity index is 119. The third kappa shape index (κ3) is 3.65. The molecule has 2 heteroatoms. The van der Waals surface area contributed by atoms with Gasteiger partial charge in [0.25, 0.3) is 0 Å². The van der Waals surface area contributed by atoms with Crippen molar-refractivity contribution >= 4 is 0 Å². The first-order valence-corrected chi connectivity index (χ1v) is 5.73. The van der Waals surface area contributed by atoms with E-state index in [2.05, 4.69) is 24.6 Å². The highest BCUT2D eigenvalue weighted by atomic mass is 14.9. The van der Waals surface area contributed by atoms with Crippen molar-refractivity contribution in [3.05, 3.63) is 0 Å². The van der Waals surface area contributed by atoms with E-state index in [1.54, 1.807) is 0 Å². The minimum absolute atomic E-state index is 0.953. The minimum atomic E-state index is 0.953. The summed E-state index contributed by atoms with van der Waals surface area (Å²) in [6, 6.07) is 0. The summed E-state index contributed by atoms with van der Waals surface area (Å²) in [7, 11) is 2.05. The average molecular weight is 184 g/mol. The zero-order valence-electron chi connectivity index (χ0n) is 9.10. The van der Waals surface area contributed by atoms with Gasteiger partial charge in [-0.1, -0.05) is 13.3 Å². The normalized spacial score (nSPS) is 21.7. The van der Waals surface area contributed by atoms with Crippen LogP contribution in [0.15, 0.2) is 0 Å². The fraction of sp³-hybridized carbons (Fsp3) is 1.00. The highest BCUT2D eigenvalue weighted by Gasteiger charge is 2.21. The lowest BCUT2D eigenvalue weighted by atomic mass is 9.81. The Kier molecular flexibility index (Phi) is 5.40. The molecule has 0 saturated carbocycles. The molecule has 1 heterocycles. The monoisotopic (exact) mass is 184 g/mol. The Hall–Kier alpha value is -0.0800. The summed E-state index contributed by atoms with van der Waals surface area (Å²) < 4.78 is 0. The maximum Gasteiger partial charge on any atom is -0.00462 e. The van der Waals surface area contributed by atoms with Crippen molar-refractivity contribution in [3.63, 3.8) is 0 Å². The number of nitrogens with one attached hydrogen (secondary N) is 2. The van der Waals surface area contributed by atoms with Crippen LogP contribution in [0.1, 0.15) is 32.6 Å². The molecule has 1 aliphatic heterocycles. The predicted octanol–water partition coefficient (Wildman–Crippen LogP) is 1.62. The third-order valence-corrected chi connectivity index (χ3v) is 3.34. The molecule has 0 aromatic heterocycles. The van der Waals surface area contributed by atoms with E-state index < -0.39 is 0 Å². The molecule has 0 spiro atoms. The summed E-state index contributed by atoms with van der Waals surface area (Å²) in [5, 5.41) is 6.69. The van der Waals surface area contributed by atoms with Crippen molar-refractivity contribution in [1.82, 2.24) is 10.6 Å². The first kappa shape index (κ1) is 11.0. The van der Waals surface area contributed by atoms with Crippen LogP contribution in [0.3, 0.4) is 0 Å². The van der Waals surface area contributed by atoms with Crippen molar-refractivity contribution in [2.45, 2.75) is 32.6 Å². The zero-order chi connectivity index (χ0) is 9.52. The van der Waals surface area contributed by atoms with Gasteiger partial charge >= 0.3 is 0 Å². The van der Waals surface area contributed by atoms with Crippen molar-refractivity contribution in [2.24, 2.45) is 11.8 Å². The lowest BCUT2D eigenvalue weighted by Gasteiger charge is -2.30. The highest BCUT2D eigenvalue weighted by molar-refractivity contribution is 4.75. The molecule has 1 fully saturated rings. The molecule has 0 amide bonds. The molecule has 1 saturated heterocycles. The van der Waals surface area contributed by atoms with Crippen molar-refractivity contribution in [3.8, 4) is 0 Å². The Balaban J connectivity index is 2.26. The Morgan fingerprint density at radius 3 is 2.62 bits per heavy atom. The molecule has 2 nitrogen and oxygen atoms in total. The van der Waals surface area contributed by atoms with Crippen LogP contribution in [0.5, 0.6) is 0 Å². The molecule has 0 aromatic carbocycles. The largest absolute Gasteiger partial charge is 0.320 e. The Labute approximate surface area is 82.5 Å². The molecular formula is C11H24N2. The second-order valence-corrected chi connectivity index (χ2v) is 4.15. The first-order valence-electron chi connectivity index (χ1n) is 5.73. The van der Waals surface area contributed by atoms with Gasteiger partial charge < -0.3 is 10.6 Å². The van der Waals surface area contributed by atoms with E-state index in [0.717, 1.165) is 11.8 Å². The van der Waals surface area contributed by atoms with Crippen molar-refractivity contribution < 1.29 is 0 Å². The summed E-state index contributed by atoms with van der Waals surface area (Å²) in [5.41, 5.74) is 0. The summed E-state index contributed by atoms with van der Waals surface area (Å²) in [6.07, 6.45) is 5.49. The van der Waals surface area contributed by atoms with Crippen LogP contribution in [0.2, 0.25) is 0 Å². The fourth-order valence-electron chi connectivity index (χ4n) is 2.42. The van der Waals surface area contributed by atoms with Gasteiger partial charge in [-0.05, 0) is 57.8 Å². The van der Waals surface area contributed by atoms with Gasteiger partial charge in [0.1, 0.15) is 0 Å². The van der Waals surface area contributed by atoms with E-state index in [-0.39, 0.29) is 0 Å². The smallest absolute Gasteiger partial charge is 0.00462 e. The molecule has 1 unspecified atom stereocenters. The van der Waals surface area contributed by atoms with Gasteiger partial charge in [-0.25, -0.2) is 0 Å². The van der Waals surface area contributed by atoms with Gasteiger partial charge in [0.05, 0.1) is 0 Å². The van der Waals surface area contributed by atoms with E-state index >= 15 is 0 Å². The molecule has 13 heavy (non-hydrogen) atoms. The van der Waals surface area contributed by atoms with Crippen LogP contribution >= 0.6 is 0 Å². The summed E-state index contributed by atoms with van der Waals surface area (Å²) in [4.78, 5) is 0. The van der Waals surface area contributed by atoms with Crippen LogP contribution < -0.4 is 10.6 Å². The van der Waals surface area contributed by atoms with Crippen molar-refractivity contribution in [1.29, 1.82) is 0 Å². The summed E-state index contributed by atoms with van der Waals surface area (Å²) in [6.45, 7) is 5.99. The topological polar surface area (TPSA) is 24.1 Å². The van der Waals surface area contributed by atoms with Crippen LogP contribution in [0.25, 0.3) is 0 Å². The molecule has 0 radical (unpaired) electrons. The van der Waals surface area contributed by atoms with Gasteiger partial charge in [0, 0.05) is 0 Å². The van der Waals surface area contributed by atoms with Crippen LogP contribution in [-0.4, -0.2) is 26.7 Å². The highest BCUT2D eigenvalue weighted by Crippen LogP contribution is 2.26. The molecule has 0 aromatic rings. The molecule has 1 aliphatic rings. The van der Waals surface area contributed by atoms with Gasteiger partial charge in [0.15, 0.2) is 0 Å². The van der Waals surface area contributed by atoms with Crippen molar-refractivity contribution in [2.75, 3.05) is 26.7 Å². The third-order valence-electron chi connectivity index (χ3n) is 3.34. The van der Waals surface area contributed by atoms with Crippen LogP contribution in [-0.2, 0) is 0 Å². The second kappa shape index (κ2) is 6.39. The lowest BCUT2D eigenvalue weighted by Crippen LogP contribution is -2.32. The van der Waals surface area contributed by atoms with E-state index in [1.807, 2.05) is 0 Å². The average Bonchev–Trinajstić information content (AvgIpc) is 2.21. The van der Waals surface area contributed by atoms with Gasteiger partial charge in [-0.3, -0.25) is 0 Å². The number of hydrogen-bond acceptors (Lipinski definition) is 2. The van der Waals surface area contributed by atoms with Gasteiger partial charge in [-0.15, -0.1) is 0 Å². The molecule has 1 rings (SSSR count). The number of rotatable bonds is 5. The quantitative estimate of drug-likeness (QED) is 0.678. The molecule has 0 bridgehead atoms.